The molecule has 0 saturated heterocycles. The molecule has 0 spiro atoms. The summed E-state index contributed by atoms with van der Waals surface area (Å²) in [6.07, 6.45) is 25.3. The number of ether oxygens (including phenoxy) is 2. The van der Waals surface area contributed by atoms with Gasteiger partial charge in [-0.15, -0.1) is 0 Å². The summed E-state index contributed by atoms with van der Waals surface area (Å²) in [4.78, 5) is 23.0. The van der Waals surface area contributed by atoms with Crippen molar-refractivity contribution in [2.45, 2.75) is 104 Å². The van der Waals surface area contributed by atoms with E-state index < -0.39 is 11.9 Å². The lowest BCUT2D eigenvalue weighted by atomic mass is 10.1. The maximum Gasteiger partial charge on any atom is 0.335 e. The van der Waals surface area contributed by atoms with Gasteiger partial charge in [0.05, 0.1) is 12.5 Å². The first-order chi connectivity index (χ1) is 13.7. The molecule has 160 valence electrons. The molecule has 28 heavy (non-hydrogen) atoms. The van der Waals surface area contributed by atoms with Crippen LogP contribution in [0.25, 0.3) is 0 Å². The van der Waals surface area contributed by atoms with Crippen molar-refractivity contribution in [3.05, 3.63) is 36.8 Å². The van der Waals surface area contributed by atoms with Gasteiger partial charge < -0.3 is 9.47 Å². The molecule has 0 unspecified atom stereocenters. The van der Waals surface area contributed by atoms with Crippen molar-refractivity contribution in [3.63, 3.8) is 0 Å². The van der Waals surface area contributed by atoms with Crippen LogP contribution in [0.3, 0.4) is 0 Å². The van der Waals surface area contributed by atoms with Crippen LogP contribution in [0, 0.1) is 0 Å². The number of hydrogen-bond donors (Lipinski definition) is 0. The van der Waals surface area contributed by atoms with E-state index in [4.69, 9.17) is 9.47 Å². The van der Waals surface area contributed by atoms with Crippen molar-refractivity contribution in [1.82, 2.24) is 0 Å². The summed E-state index contributed by atoms with van der Waals surface area (Å²) in [6.45, 7) is 4.42. The molecular weight excluding hydrogens is 352 g/mol. The van der Waals surface area contributed by atoms with Crippen LogP contribution < -0.4 is 0 Å². The zero-order chi connectivity index (χ0) is 20.7. The number of carbonyl (C=O) groups is 2. The third-order valence-electron chi connectivity index (χ3n) is 4.37. The fourth-order valence-electron chi connectivity index (χ4n) is 2.67. The molecule has 0 bridgehead atoms. The number of esters is 2. The lowest BCUT2D eigenvalue weighted by molar-refractivity contribution is -0.135. The molecule has 0 aliphatic carbocycles. The van der Waals surface area contributed by atoms with Gasteiger partial charge in [0.25, 0.3) is 0 Å². The van der Waals surface area contributed by atoms with Crippen LogP contribution in [0.15, 0.2) is 36.8 Å². The van der Waals surface area contributed by atoms with E-state index in [1.54, 1.807) is 0 Å². The first kappa shape index (κ1) is 26.2. The van der Waals surface area contributed by atoms with Gasteiger partial charge in [0.1, 0.15) is 0 Å². The predicted molar refractivity (Wildman–Crippen MR) is 116 cm³/mol. The molecule has 0 aliphatic heterocycles. The van der Waals surface area contributed by atoms with E-state index in [1.165, 1.54) is 76.7 Å². The van der Waals surface area contributed by atoms with Gasteiger partial charge in [-0.3, -0.25) is 0 Å². The molecular formula is C24H40O4. The van der Waals surface area contributed by atoms with Crippen LogP contribution in [0.4, 0.5) is 0 Å². The Hall–Kier alpha value is -1.84. The highest BCUT2D eigenvalue weighted by Gasteiger charge is 1.98. The average molecular weight is 393 g/mol. The summed E-state index contributed by atoms with van der Waals surface area (Å²) in [5.74, 6) is -1.15. The Bertz CT molecular complexity index is 421. The Labute approximate surface area is 172 Å². The molecule has 0 aliphatic rings. The molecule has 0 fully saturated rings. The van der Waals surface area contributed by atoms with Crippen molar-refractivity contribution in [1.29, 1.82) is 0 Å². The Morgan fingerprint density at radius 1 is 0.571 bits per heavy atom. The van der Waals surface area contributed by atoms with Crippen LogP contribution in [0.1, 0.15) is 104 Å². The highest BCUT2D eigenvalue weighted by atomic mass is 16.5. The molecule has 0 radical (unpaired) electrons. The third-order valence-corrected chi connectivity index (χ3v) is 4.37. The molecule has 0 N–H and O–H groups in total. The van der Waals surface area contributed by atoms with Crippen molar-refractivity contribution in [2.24, 2.45) is 0 Å². The maximum atomic E-state index is 11.5. The lowest BCUT2D eigenvalue weighted by Gasteiger charge is -1.98. The smallest absolute Gasteiger partial charge is 0.335 e. The average Bonchev–Trinajstić information content (AvgIpc) is 2.69. The topological polar surface area (TPSA) is 52.6 Å². The second-order valence-electron chi connectivity index (χ2n) is 7.06. The van der Waals surface area contributed by atoms with E-state index in [-0.39, 0.29) is 0 Å². The number of carbonyl (C=O) groups excluding carboxylic acids is 2. The number of allylic oxidation sites excluding steroid dienone is 2. The van der Waals surface area contributed by atoms with E-state index in [0.29, 0.717) is 0 Å². The zero-order valence-corrected chi connectivity index (χ0v) is 18.0. The van der Waals surface area contributed by atoms with Crippen molar-refractivity contribution in [3.8, 4) is 0 Å². The highest BCUT2D eigenvalue weighted by Crippen LogP contribution is 2.08. The second-order valence-corrected chi connectivity index (χ2v) is 7.06. The zero-order valence-electron chi connectivity index (χ0n) is 18.0. The van der Waals surface area contributed by atoms with Gasteiger partial charge >= 0.3 is 11.9 Å². The molecule has 0 atom stereocenters. The Morgan fingerprint density at radius 3 is 1.32 bits per heavy atom. The fraction of sp³-hybridized carbons (Fsp3) is 0.667. The molecule has 0 aromatic rings. The van der Waals surface area contributed by atoms with Crippen LogP contribution >= 0.6 is 0 Å². The van der Waals surface area contributed by atoms with Gasteiger partial charge in [-0.05, 0) is 37.8 Å². The SMILES string of the molecule is CCCCCCCCC=COC(=O)/C=C\C(=O)OC=CCCCCCCCC. The first-order valence-corrected chi connectivity index (χ1v) is 11.1. The molecule has 0 amide bonds. The summed E-state index contributed by atoms with van der Waals surface area (Å²) in [7, 11) is 0. The van der Waals surface area contributed by atoms with Gasteiger partial charge in [0.15, 0.2) is 0 Å². The molecule has 0 aromatic heterocycles. The van der Waals surface area contributed by atoms with Gasteiger partial charge in [-0.2, -0.15) is 0 Å². The molecule has 4 heteroatoms. The van der Waals surface area contributed by atoms with Gasteiger partial charge in [-0.25, -0.2) is 9.59 Å². The van der Waals surface area contributed by atoms with E-state index in [2.05, 4.69) is 13.8 Å². The van der Waals surface area contributed by atoms with Crippen LogP contribution in [0.5, 0.6) is 0 Å². The number of hydrogen-bond acceptors (Lipinski definition) is 4. The number of rotatable bonds is 18. The molecule has 4 nitrogen and oxygen atoms in total. The van der Waals surface area contributed by atoms with Crippen molar-refractivity contribution >= 4 is 11.9 Å². The maximum absolute atomic E-state index is 11.5. The lowest BCUT2D eigenvalue weighted by Crippen LogP contribution is -1.98. The van der Waals surface area contributed by atoms with Gasteiger partial charge in [-0.1, -0.05) is 78.1 Å². The minimum absolute atomic E-state index is 0.577. The minimum atomic E-state index is -0.577. The van der Waals surface area contributed by atoms with Crippen molar-refractivity contribution < 1.29 is 19.1 Å². The quantitative estimate of drug-likeness (QED) is 0.107. The van der Waals surface area contributed by atoms with Crippen LogP contribution in [0.2, 0.25) is 0 Å². The Balaban J connectivity index is 3.63. The van der Waals surface area contributed by atoms with E-state index in [9.17, 15) is 9.59 Å². The van der Waals surface area contributed by atoms with Gasteiger partial charge in [0, 0.05) is 12.2 Å². The monoisotopic (exact) mass is 392 g/mol. The normalized spacial score (nSPS) is 11.6. The van der Waals surface area contributed by atoms with E-state index in [0.717, 1.165) is 37.8 Å². The first-order valence-electron chi connectivity index (χ1n) is 11.1. The standard InChI is InChI=1S/C24H40O4/c1-3-5-7-9-11-13-15-17-21-27-23(25)19-20-24(26)28-22-18-16-14-12-10-8-6-4-2/h17-22H,3-16H2,1-2H3/b20-19-,21-17?,22-18?. The van der Waals surface area contributed by atoms with E-state index in [1.807, 2.05) is 12.2 Å². The summed E-state index contributed by atoms with van der Waals surface area (Å²) < 4.78 is 9.81. The largest absolute Gasteiger partial charge is 0.432 e. The summed E-state index contributed by atoms with van der Waals surface area (Å²) in [6, 6.07) is 0. The molecule has 0 saturated carbocycles. The van der Waals surface area contributed by atoms with Crippen molar-refractivity contribution in [2.75, 3.05) is 0 Å². The highest BCUT2D eigenvalue weighted by molar-refractivity contribution is 5.92. The van der Waals surface area contributed by atoms with Crippen LogP contribution in [-0.4, -0.2) is 11.9 Å². The van der Waals surface area contributed by atoms with Crippen LogP contribution in [-0.2, 0) is 19.1 Å². The number of unbranched alkanes of at least 4 members (excludes halogenated alkanes) is 12. The summed E-state index contributed by atoms with van der Waals surface area (Å²) >= 11 is 0. The minimum Gasteiger partial charge on any atom is -0.432 e. The summed E-state index contributed by atoms with van der Waals surface area (Å²) in [5, 5.41) is 0. The summed E-state index contributed by atoms with van der Waals surface area (Å²) in [5.41, 5.74) is 0. The molecule has 0 heterocycles. The second kappa shape index (κ2) is 21.5. The Kier molecular flexibility index (Phi) is 20.0. The Morgan fingerprint density at radius 2 is 0.929 bits per heavy atom. The van der Waals surface area contributed by atoms with E-state index >= 15 is 0 Å². The molecule has 0 aromatic carbocycles. The fourth-order valence-corrected chi connectivity index (χ4v) is 2.67. The molecule has 0 rings (SSSR count). The third kappa shape index (κ3) is 20.5. The van der Waals surface area contributed by atoms with Gasteiger partial charge in [0.2, 0.25) is 0 Å². The predicted octanol–water partition coefficient (Wildman–Crippen LogP) is 7.16.